The molecule has 0 fully saturated rings. The number of amides is 2. The van der Waals surface area contributed by atoms with Crippen LogP contribution in [0.4, 0.5) is 5.69 Å². The second-order valence-electron chi connectivity index (χ2n) is 5.56. The molecule has 0 aliphatic rings. The van der Waals surface area contributed by atoms with Gasteiger partial charge < -0.3 is 10.2 Å². The van der Waals surface area contributed by atoms with Gasteiger partial charge in [0.05, 0.1) is 33.0 Å². The number of hydrogen-bond acceptors (Lipinski definition) is 5. The number of aryl methyl sites for hydroxylation is 1. The van der Waals surface area contributed by atoms with Gasteiger partial charge in [0.25, 0.3) is 0 Å². The second kappa shape index (κ2) is 10.2. The van der Waals surface area contributed by atoms with Gasteiger partial charge in [-0.15, -0.1) is 11.3 Å². The molecule has 0 aliphatic heterocycles. The summed E-state index contributed by atoms with van der Waals surface area (Å²) in [5, 5.41) is 6.43. The number of anilines is 1. The zero-order valence-electron chi connectivity index (χ0n) is 14.4. The van der Waals surface area contributed by atoms with Crippen LogP contribution in [0.25, 0.3) is 0 Å². The van der Waals surface area contributed by atoms with E-state index >= 15 is 0 Å². The molecule has 0 atom stereocenters. The molecule has 1 aromatic carbocycles. The molecule has 9 heteroatoms. The summed E-state index contributed by atoms with van der Waals surface area (Å²) in [6.45, 7) is 1.91. The smallest absolute Gasteiger partial charge is 0.244 e. The van der Waals surface area contributed by atoms with Crippen LogP contribution in [0.15, 0.2) is 23.6 Å². The number of thioether (sulfide) groups is 1. The number of nitrogens with one attached hydrogen (secondary N) is 1. The molecular formula is C17H19Cl2N3O2S2. The number of likely N-dealkylation sites (N-methyl/N-ethyl adjacent to an activating group) is 1. The molecule has 0 saturated carbocycles. The van der Waals surface area contributed by atoms with Crippen molar-refractivity contribution in [2.75, 3.05) is 24.7 Å². The average molecular weight is 432 g/mol. The Morgan fingerprint density at radius 3 is 2.62 bits per heavy atom. The van der Waals surface area contributed by atoms with Crippen LogP contribution < -0.4 is 5.32 Å². The molecule has 2 amide bonds. The summed E-state index contributed by atoms with van der Waals surface area (Å²) in [7, 11) is 1.60. The van der Waals surface area contributed by atoms with Crippen molar-refractivity contribution in [1.29, 1.82) is 0 Å². The molecule has 0 bridgehead atoms. The van der Waals surface area contributed by atoms with Gasteiger partial charge in [0, 0.05) is 30.4 Å². The summed E-state index contributed by atoms with van der Waals surface area (Å²) in [6.07, 6.45) is 0.365. The Kier molecular flexibility index (Phi) is 8.21. The largest absolute Gasteiger partial charge is 0.336 e. The Morgan fingerprint density at radius 1 is 1.31 bits per heavy atom. The predicted molar refractivity (Wildman–Crippen MR) is 110 cm³/mol. The van der Waals surface area contributed by atoms with Gasteiger partial charge in [0.1, 0.15) is 0 Å². The van der Waals surface area contributed by atoms with E-state index < -0.39 is 0 Å². The van der Waals surface area contributed by atoms with Gasteiger partial charge >= 0.3 is 0 Å². The number of carbonyl (C=O) groups excluding carboxylic acids is 2. The fourth-order valence-corrected chi connectivity index (χ4v) is 4.13. The van der Waals surface area contributed by atoms with E-state index in [9.17, 15) is 9.59 Å². The third-order valence-electron chi connectivity index (χ3n) is 3.41. The highest BCUT2D eigenvalue weighted by molar-refractivity contribution is 7.98. The van der Waals surface area contributed by atoms with Gasteiger partial charge in [0.15, 0.2) is 0 Å². The Labute approximate surface area is 171 Å². The number of para-hydroxylation sites is 1. The van der Waals surface area contributed by atoms with Crippen LogP contribution in [-0.2, 0) is 15.3 Å². The third kappa shape index (κ3) is 6.46. The normalized spacial score (nSPS) is 10.6. The first kappa shape index (κ1) is 21.0. The van der Waals surface area contributed by atoms with Crippen LogP contribution in [0.3, 0.4) is 0 Å². The highest BCUT2D eigenvalue weighted by Crippen LogP contribution is 2.29. The van der Waals surface area contributed by atoms with Gasteiger partial charge in [-0.05, 0) is 19.1 Å². The molecular weight excluding hydrogens is 413 g/mol. The zero-order chi connectivity index (χ0) is 19.1. The van der Waals surface area contributed by atoms with E-state index in [4.69, 9.17) is 23.2 Å². The first-order valence-corrected chi connectivity index (χ1v) is 10.6. The highest BCUT2D eigenvalue weighted by atomic mass is 35.5. The first-order chi connectivity index (χ1) is 12.4. The van der Waals surface area contributed by atoms with E-state index in [1.54, 1.807) is 48.3 Å². The fraction of sp³-hybridized carbons (Fsp3) is 0.353. The average Bonchev–Trinajstić information content (AvgIpc) is 3.00. The first-order valence-electron chi connectivity index (χ1n) is 7.83. The van der Waals surface area contributed by atoms with Crippen molar-refractivity contribution in [2.45, 2.75) is 19.1 Å². The van der Waals surface area contributed by atoms with E-state index in [-0.39, 0.29) is 18.4 Å². The maximum atomic E-state index is 12.1. The van der Waals surface area contributed by atoms with Gasteiger partial charge in [-0.2, -0.15) is 11.8 Å². The molecule has 1 heterocycles. The fourth-order valence-electron chi connectivity index (χ4n) is 2.10. The SMILES string of the molecule is Cc1nc(CSCCC(=O)N(C)CC(=O)Nc2c(Cl)cccc2Cl)cs1. The monoisotopic (exact) mass is 431 g/mol. The topological polar surface area (TPSA) is 62.3 Å². The van der Waals surface area contributed by atoms with Crippen molar-refractivity contribution in [3.05, 3.63) is 44.3 Å². The zero-order valence-corrected chi connectivity index (χ0v) is 17.6. The molecule has 5 nitrogen and oxygen atoms in total. The molecule has 0 spiro atoms. The molecule has 0 aliphatic carbocycles. The van der Waals surface area contributed by atoms with E-state index in [0.717, 1.165) is 16.5 Å². The predicted octanol–water partition coefficient (Wildman–Crippen LogP) is 4.48. The van der Waals surface area contributed by atoms with Crippen LogP contribution in [0.2, 0.25) is 10.0 Å². The number of aromatic nitrogens is 1. The van der Waals surface area contributed by atoms with E-state index in [0.29, 0.717) is 27.9 Å². The standard InChI is InChI=1S/C17H19Cl2N3O2S2/c1-11-20-12(10-26-11)9-25-7-6-16(24)22(2)8-15(23)21-17-13(18)4-3-5-14(17)19/h3-5,10H,6-9H2,1-2H3,(H,21,23). The molecule has 0 unspecified atom stereocenters. The molecule has 26 heavy (non-hydrogen) atoms. The number of rotatable bonds is 8. The lowest BCUT2D eigenvalue weighted by Crippen LogP contribution is -2.35. The summed E-state index contributed by atoms with van der Waals surface area (Å²) >= 11 is 15.3. The van der Waals surface area contributed by atoms with Crippen LogP contribution in [0.5, 0.6) is 0 Å². The number of thiazole rings is 1. The lowest BCUT2D eigenvalue weighted by atomic mass is 10.3. The Morgan fingerprint density at radius 2 is 2.00 bits per heavy atom. The summed E-state index contributed by atoms with van der Waals surface area (Å²) in [6, 6.07) is 4.97. The van der Waals surface area contributed by atoms with E-state index in [1.165, 1.54) is 4.90 Å². The van der Waals surface area contributed by atoms with Crippen molar-refractivity contribution >= 4 is 63.8 Å². The minimum Gasteiger partial charge on any atom is -0.336 e. The van der Waals surface area contributed by atoms with Gasteiger partial charge in [0.2, 0.25) is 11.8 Å². The van der Waals surface area contributed by atoms with Gasteiger partial charge in [-0.1, -0.05) is 29.3 Å². The minimum absolute atomic E-state index is 0.0592. The Balaban J connectivity index is 1.73. The van der Waals surface area contributed by atoms with E-state index in [1.807, 2.05) is 12.3 Å². The molecule has 140 valence electrons. The summed E-state index contributed by atoms with van der Waals surface area (Å²) in [5.74, 6) is 1.03. The highest BCUT2D eigenvalue weighted by Gasteiger charge is 2.15. The van der Waals surface area contributed by atoms with Crippen molar-refractivity contribution in [2.24, 2.45) is 0 Å². The summed E-state index contributed by atoms with van der Waals surface area (Å²) < 4.78 is 0. The third-order valence-corrected chi connectivity index (χ3v) is 5.86. The van der Waals surface area contributed by atoms with Gasteiger partial charge in [-0.3, -0.25) is 9.59 Å². The number of carbonyl (C=O) groups is 2. The summed E-state index contributed by atoms with van der Waals surface area (Å²) in [5.41, 5.74) is 1.39. The Hall–Kier alpha value is -1.28. The molecule has 0 radical (unpaired) electrons. The maximum Gasteiger partial charge on any atom is 0.244 e. The maximum absolute atomic E-state index is 12.1. The molecule has 0 saturated heterocycles. The Bertz CT molecular complexity index is 763. The van der Waals surface area contributed by atoms with E-state index in [2.05, 4.69) is 10.3 Å². The second-order valence-corrected chi connectivity index (χ2v) is 8.54. The summed E-state index contributed by atoms with van der Waals surface area (Å²) in [4.78, 5) is 30.0. The van der Waals surface area contributed by atoms with Crippen molar-refractivity contribution in [3.63, 3.8) is 0 Å². The lowest BCUT2D eigenvalue weighted by molar-refractivity contribution is -0.132. The van der Waals surface area contributed by atoms with Crippen LogP contribution in [0.1, 0.15) is 17.1 Å². The quantitative estimate of drug-likeness (QED) is 0.625. The van der Waals surface area contributed by atoms with Crippen LogP contribution in [-0.4, -0.2) is 41.0 Å². The number of nitrogens with zero attached hydrogens (tertiary/aromatic N) is 2. The lowest BCUT2D eigenvalue weighted by Gasteiger charge is -2.17. The minimum atomic E-state index is -0.346. The van der Waals surface area contributed by atoms with Crippen molar-refractivity contribution < 1.29 is 9.59 Å². The molecule has 1 N–H and O–H groups in total. The number of halogens is 2. The van der Waals surface area contributed by atoms with Crippen molar-refractivity contribution in [3.8, 4) is 0 Å². The number of benzene rings is 1. The number of hydrogen-bond donors (Lipinski definition) is 1. The van der Waals surface area contributed by atoms with Crippen LogP contribution in [0, 0.1) is 6.92 Å². The molecule has 1 aromatic heterocycles. The molecule has 2 aromatic rings. The van der Waals surface area contributed by atoms with Crippen LogP contribution >= 0.6 is 46.3 Å². The van der Waals surface area contributed by atoms with Gasteiger partial charge in [-0.25, -0.2) is 4.98 Å². The molecule has 2 rings (SSSR count). The van der Waals surface area contributed by atoms with Crippen molar-refractivity contribution in [1.82, 2.24) is 9.88 Å².